The first-order chi connectivity index (χ1) is 15.0. The molecule has 1 saturated carbocycles. The lowest BCUT2D eigenvalue weighted by molar-refractivity contribution is -0.137. The van der Waals surface area contributed by atoms with Gasteiger partial charge < -0.3 is 23.8 Å². The van der Waals surface area contributed by atoms with Crippen molar-refractivity contribution in [3.05, 3.63) is 47.3 Å². The van der Waals surface area contributed by atoms with Crippen LogP contribution < -0.4 is 9.47 Å². The molecule has 0 spiro atoms. The molecule has 3 rings (SSSR count). The van der Waals surface area contributed by atoms with E-state index in [-0.39, 0.29) is 6.04 Å². The van der Waals surface area contributed by atoms with Crippen LogP contribution in [0.15, 0.2) is 41.7 Å². The van der Waals surface area contributed by atoms with Crippen molar-refractivity contribution in [1.29, 1.82) is 0 Å². The molecule has 7 nitrogen and oxygen atoms in total. The zero-order valence-corrected chi connectivity index (χ0v) is 18.7. The monoisotopic (exact) mass is 429 g/mol. The topological polar surface area (TPSA) is 74.3 Å². The molecule has 0 radical (unpaired) electrons. The lowest BCUT2D eigenvalue weighted by atomic mass is 9.82. The minimum atomic E-state index is -0.698. The standard InChI is InChI=1S/C24H31NO6/c1-5-31-22-17(12-9-13-20(22)28-2)21-18(23(26)29-3)14-25(15-19(21)24(27)30-4)16-10-7-6-8-11-16/h9,12-16,21H,5-8,10-11H2,1-4H3. The van der Waals surface area contributed by atoms with Gasteiger partial charge in [0, 0.05) is 24.0 Å². The maximum atomic E-state index is 12.9. The van der Waals surface area contributed by atoms with Crippen LogP contribution in [0.25, 0.3) is 0 Å². The van der Waals surface area contributed by atoms with Gasteiger partial charge in [0.05, 0.1) is 45.0 Å². The van der Waals surface area contributed by atoms with Crippen LogP contribution in [0.4, 0.5) is 0 Å². The molecule has 1 fully saturated rings. The maximum Gasteiger partial charge on any atom is 0.336 e. The molecule has 0 saturated heterocycles. The van der Waals surface area contributed by atoms with E-state index >= 15 is 0 Å². The molecule has 1 aromatic rings. The van der Waals surface area contributed by atoms with Crippen LogP contribution in [0.5, 0.6) is 11.5 Å². The zero-order chi connectivity index (χ0) is 22.4. The average molecular weight is 430 g/mol. The Bertz CT molecular complexity index is 835. The van der Waals surface area contributed by atoms with Crippen LogP contribution in [-0.2, 0) is 19.1 Å². The Balaban J connectivity index is 2.17. The summed E-state index contributed by atoms with van der Waals surface area (Å²) in [6.07, 6.45) is 9.08. The van der Waals surface area contributed by atoms with Gasteiger partial charge in [0.1, 0.15) is 0 Å². The number of methoxy groups -OCH3 is 3. The summed E-state index contributed by atoms with van der Waals surface area (Å²) in [5.41, 5.74) is 1.38. The third-order valence-corrected chi connectivity index (χ3v) is 5.87. The van der Waals surface area contributed by atoms with E-state index < -0.39 is 17.9 Å². The summed E-state index contributed by atoms with van der Waals surface area (Å²) >= 11 is 0. The highest BCUT2D eigenvalue weighted by Gasteiger charge is 2.38. The number of hydrogen-bond acceptors (Lipinski definition) is 7. The second kappa shape index (κ2) is 10.4. The van der Waals surface area contributed by atoms with Gasteiger partial charge in [-0.2, -0.15) is 0 Å². The SMILES string of the molecule is CCOc1c(OC)cccc1C1C(C(=O)OC)=CN(C2CCCCC2)C=C1C(=O)OC. The molecule has 0 aromatic heterocycles. The molecule has 1 aliphatic heterocycles. The zero-order valence-electron chi connectivity index (χ0n) is 18.7. The smallest absolute Gasteiger partial charge is 0.336 e. The summed E-state index contributed by atoms with van der Waals surface area (Å²) in [4.78, 5) is 27.8. The molecular formula is C24H31NO6. The number of hydrogen-bond donors (Lipinski definition) is 0. The van der Waals surface area contributed by atoms with Crippen molar-refractivity contribution < 1.29 is 28.5 Å². The van der Waals surface area contributed by atoms with Crippen molar-refractivity contribution in [2.75, 3.05) is 27.9 Å². The van der Waals surface area contributed by atoms with Gasteiger partial charge >= 0.3 is 11.9 Å². The molecule has 168 valence electrons. The fraction of sp³-hybridized carbons (Fsp3) is 0.500. The molecule has 0 N–H and O–H groups in total. The molecule has 2 aliphatic rings. The normalized spacial score (nSPS) is 17.5. The third kappa shape index (κ3) is 4.70. The number of benzene rings is 1. The highest BCUT2D eigenvalue weighted by Crippen LogP contribution is 2.45. The Kier molecular flexibility index (Phi) is 7.60. The van der Waals surface area contributed by atoms with Crippen LogP contribution in [-0.4, -0.2) is 50.8 Å². The lowest BCUT2D eigenvalue weighted by Gasteiger charge is -2.37. The van der Waals surface area contributed by atoms with Crippen molar-refractivity contribution in [2.24, 2.45) is 0 Å². The van der Waals surface area contributed by atoms with E-state index in [0.717, 1.165) is 25.7 Å². The number of carbonyl (C=O) groups excluding carboxylic acids is 2. The highest BCUT2D eigenvalue weighted by molar-refractivity contribution is 5.99. The summed E-state index contributed by atoms with van der Waals surface area (Å²) in [5.74, 6) is -0.664. The number of rotatable bonds is 7. The first-order valence-corrected chi connectivity index (χ1v) is 10.7. The van der Waals surface area contributed by atoms with Gasteiger partial charge in [0.2, 0.25) is 0 Å². The average Bonchev–Trinajstić information content (AvgIpc) is 2.83. The fourth-order valence-electron chi connectivity index (χ4n) is 4.40. The summed E-state index contributed by atoms with van der Waals surface area (Å²) < 4.78 is 21.6. The Morgan fingerprint density at radius 3 is 2.10 bits per heavy atom. The molecule has 1 heterocycles. The van der Waals surface area contributed by atoms with Gasteiger partial charge in [0.25, 0.3) is 0 Å². The molecule has 0 bridgehead atoms. The van der Waals surface area contributed by atoms with Gasteiger partial charge in [-0.1, -0.05) is 31.4 Å². The molecule has 31 heavy (non-hydrogen) atoms. The maximum absolute atomic E-state index is 12.9. The second-order valence-electron chi connectivity index (χ2n) is 7.64. The minimum absolute atomic E-state index is 0.227. The molecular weight excluding hydrogens is 398 g/mol. The van der Waals surface area contributed by atoms with E-state index in [1.54, 1.807) is 13.2 Å². The van der Waals surface area contributed by atoms with Crippen molar-refractivity contribution >= 4 is 11.9 Å². The van der Waals surface area contributed by atoms with Gasteiger partial charge in [-0.3, -0.25) is 0 Å². The van der Waals surface area contributed by atoms with Gasteiger partial charge in [-0.25, -0.2) is 9.59 Å². The molecule has 1 aromatic carbocycles. The largest absolute Gasteiger partial charge is 0.493 e. The quantitative estimate of drug-likeness (QED) is 0.608. The summed E-state index contributed by atoms with van der Waals surface area (Å²) in [6, 6.07) is 5.66. The number of ether oxygens (including phenoxy) is 4. The minimum Gasteiger partial charge on any atom is -0.493 e. The van der Waals surface area contributed by atoms with E-state index in [1.807, 2.05) is 36.4 Å². The Labute approximate surface area is 183 Å². The number of carbonyl (C=O) groups is 2. The van der Waals surface area contributed by atoms with E-state index in [1.165, 1.54) is 20.6 Å². The van der Waals surface area contributed by atoms with Gasteiger partial charge in [-0.05, 0) is 25.8 Å². The number of para-hydroxylation sites is 1. The van der Waals surface area contributed by atoms with Crippen LogP contribution in [0.3, 0.4) is 0 Å². The molecule has 0 amide bonds. The predicted molar refractivity (Wildman–Crippen MR) is 116 cm³/mol. The Hall–Kier alpha value is -2.96. The lowest BCUT2D eigenvalue weighted by Crippen LogP contribution is -2.35. The van der Waals surface area contributed by atoms with Crippen LogP contribution in [0, 0.1) is 0 Å². The van der Waals surface area contributed by atoms with Crippen LogP contribution in [0.2, 0.25) is 0 Å². The molecule has 1 aliphatic carbocycles. The molecule has 0 unspecified atom stereocenters. The summed E-state index contributed by atoms with van der Waals surface area (Å²) in [5, 5.41) is 0. The van der Waals surface area contributed by atoms with Crippen molar-refractivity contribution in [2.45, 2.75) is 51.0 Å². The Morgan fingerprint density at radius 2 is 1.58 bits per heavy atom. The van der Waals surface area contributed by atoms with E-state index in [4.69, 9.17) is 18.9 Å². The van der Waals surface area contributed by atoms with Crippen molar-refractivity contribution in [3.63, 3.8) is 0 Å². The first-order valence-electron chi connectivity index (χ1n) is 10.7. The number of esters is 2. The summed E-state index contributed by atoms with van der Waals surface area (Å²) in [6.45, 7) is 2.28. The van der Waals surface area contributed by atoms with Crippen LogP contribution >= 0.6 is 0 Å². The van der Waals surface area contributed by atoms with Crippen molar-refractivity contribution in [3.8, 4) is 11.5 Å². The van der Waals surface area contributed by atoms with E-state index in [2.05, 4.69) is 0 Å². The first kappa shape index (κ1) is 22.7. The van der Waals surface area contributed by atoms with Gasteiger partial charge in [-0.15, -0.1) is 0 Å². The predicted octanol–water partition coefficient (Wildman–Crippen LogP) is 3.94. The Morgan fingerprint density at radius 1 is 0.968 bits per heavy atom. The van der Waals surface area contributed by atoms with Crippen molar-refractivity contribution in [1.82, 2.24) is 4.90 Å². The number of nitrogens with zero attached hydrogens (tertiary/aromatic N) is 1. The molecule has 7 heteroatoms. The van der Waals surface area contributed by atoms with Gasteiger partial charge in [0.15, 0.2) is 11.5 Å². The second-order valence-corrected chi connectivity index (χ2v) is 7.64. The molecule has 0 atom stereocenters. The third-order valence-electron chi connectivity index (χ3n) is 5.87. The fourth-order valence-corrected chi connectivity index (χ4v) is 4.40. The van der Waals surface area contributed by atoms with E-state index in [9.17, 15) is 9.59 Å². The van der Waals surface area contributed by atoms with E-state index in [0.29, 0.717) is 34.8 Å². The highest BCUT2D eigenvalue weighted by atomic mass is 16.5. The summed E-state index contributed by atoms with van der Waals surface area (Å²) in [7, 11) is 4.24. The van der Waals surface area contributed by atoms with Crippen LogP contribution in [0.1, 0.15) is 50.5 Å².